The molecule has 0 unspecified atom stereocenters. The first-order valence-corrected chi connectivity index (χ1v) is 8.19. The fourth-order valence-corrected chi connectivity index (χ4v) is 2.60. The van der Waals surface area contributed by atoms with Crippen LogP contribution >= 0.6 is 0 Å². The maximum Gasteiger partial charge on any atom is 0.322 e. The average molecular weight is 327 g/mol. The van der Waals surface area contributed by atoms with Crippen LogP contribution in [0.4, 0.5) is 10.5 Å². The Morgan fingerprint density at radius 3 is 2.67 bits per heavy atom. The van der Waals surface area contributed by atoms with Gasteiger partial charge in [-0.2, -0.15) is 0 Å². The van der Waals surface area contributed by atoms with Gasteiger partial charge in [0.2, 0.25) is 0 Å². The Hall–Kier alpha value is -2.40. The van der Waals surface area contributed by atoms with Gasteiger partial charge in [-0.1, -0.05) is 37.6 Å². The minimum atomic E-state index is -0.241. The SMILES string of the molecule is CCCc1ccccc1NC(=O)N(C)[C@H](COC)c1ccccn1. The summed E-state index contributed by atoms with van der Waals surface area (Å²) in [5.74, 6) is 0. The highest BCUT2D eigenvalue weighted by atomic mass is 16.5. The molecule has 1 N–H and O–H groups in total. The van der Waals surface area contributed by atoms with Crippen LogP contribution in [0.25, 0.3) is 0 Å². The number of para-hydroxylation sites is 1. The number of ether oxygens (including phenoxy) is 1. The van der Waals surface area contributed by atoms with E-state index in [-0.39, 0.29) is 12.1 Å². The second-order valence-electron chi connectivity index (χ2n) is 5.67. The number of hydrogen-bond acceptors (Lipinski definition) is 3. The largest absolute Gasteiger partial charge is 0.382 e. The zero-order chi connectivity index (χ0) is 17.4. The summed E-state index contributed by atoms with van der Waals surface area (Å²) in [6.07, 6.45) is 3.69. The molecule has 2 rings (SSSR count). The molecule has 24 heavy (non-hydrogen) atoms. The van der Waals surface area contributed by atoms with Crippen molar-refractivity contribution < 1.29 is 9.53 Å². The lowest BCUT2D eigenvalue weighted by atomic mass is 10.1. The molecule has 0 aliphatic carbocycles. The molecular formula is C19H25N3O2. The average Bonchev–Trinajstić information content (AvgIpc) is 2.61. The normalized spacial score (nSPS) is 11.8. The van der Waals surface area contributed by atoms with Crippen LogP contribution < -0.4 is 5.32 Å². The van der Waals surface area contributed by atoms with Crippen LogP contribution in [0.5, 0.6) is 0 Å². The lowest BCUT2D eigenvalue weighted by Gasteiger charge is -2.27. The van der Waals surface area contributed by atoms with Gasteiger partial charge < -0.3 is 15.0 Å². The van der Waals surface area contributed by atoms with E-state index < -0.39 is 0 Å². The predicted molar refractivity (Wildman–Crippen MR) is 96.1 cm³/mol. The molecule has 5 heteroatoms. The number of methoxy groups -OCH3 is 1. The van der Waals surface area contributed by atoms with Crippen LogP contribution in [0.1, 0.15) is 30.6 Å². The summed E-state index contributed by atoms with van der Waals surface area (Å²) in [5.41, 5.74) is 2.80. The summed E-state index contributed by atoms with van der Waals surface area (Å²) in [7, 11) is 3.38. The van der Waals surface area contributed by atoms with Crippen LogP contribution in [0.15, 0.2) is 48.7 Å². The topological polar surface area (TPSA) is 54.5 Å². The zero-order valence-electron chi connectivity index (χ0n) is 14.5. The molecule has 0 aliphatic heterocycles. The highest BCUT2D eigenvalue weighted by Gasteiger charge is 2.23. The number of carbonyl (C=O) groups is 1. The van der Waals surface area contributed by atoms with Crippen molar-refractivity contribution >= 4 is 11.7 Å². The van der Waals surface area contributed by atoms with Gasteiger partial charge in [0.05, 0.1) is 18.3 Å². The fraction of sp³-hybridized carbons (Fsp3) is 0.368. The number of hydrogen-bond donors (Lipinski definition) is 1. The molecule has 0 saturated carbocycles. The Morgan fingerprint density at radius 2 is 2.00 bits per heavy atom. The van der Waals surface area contributed by atoms with E-state index in [0.717, 1.165) is 29.8 Å². The molecule has 128 valence electrons. The molecule has 0 radical (unpaired) electrons. The van der Waals surface area contributed by atoms with Crippen molar-refractivity contribution in [1.29, 1.82) is 0 Å². The van der Waals surface area contributed by atoms with Crippen molar-refractivity contribution in [2.24, 2.45) is 0 Å². The van der Waals surface area contributed by atoms with Crippen molar-refractivity contribution in [3.8, 4) is 0 Å². The Balaban J connectivity index is 2.15. The predicted octanol–water partition coefficient (Wildman–Crippen LogP) is 3.89. The van der Waals surface area contributed by atoms with E-state index in [9.17, 15) is 4.79 Å². The lowest BCUT2D eigenvalue weighted by Crippen LogP contribution is -2.37. The third-order valence-corrected chi connectivity index (χ3v) is 3.92. The van der Waals surface area contributed by atoms with Gasteiger partial charge in [0.25, 0.3) is 0 Å². The second kappa shape index (κ2) is 9.03. The first-order chi connectivity index (χ1) is 11.7. The van der Waals surface area contributed by atoms with E-state index in [1.807, 2.05) is 42.5 Å². The highest BCUT2D eigenvalue weighted by molar-refractivity contribution is 5.90. The number of nitrogens with zero attached hydrogens (tertiary/aromatic N) is 2. The standard InChI is InChI=1S/C19H25N3O2/c1-4-9-15-10-5-6-11-16(15)21-19(23)22(2)18(14-24-3)17-12-7-8-13-20-17/h5-8,10-13,18H,4,9,14H2,1-3H3,(H,21,23)/t18-/m1/s1. The van der Waals surface area contributed by atoms with Gasteiger partial charge >= 0.3 is 6.03 Å². The van der Waals surface area contributed by atoms with Gasteiger partial charge in [-0.25, -0.2) is 4.79 Å². The monoisotopic (exact) mass is 327 g/mol. The maximum absolute atomic E-state index is 12.7. The molecule has 0 bridgehead atoms. The summed E-state index contributed by atoms with van der Waals surface area (Å²) in [4.78, 5) is 18.7. The van der Waals surface area contributed by atoms with Crippen molar-refractivity contribution in [3.63, 3.8) is 0 Å². The molecule has 2 aromatic rings. The summed E-state index contributed by atoms with van der Waals surface area (Å²) in [5, 5.41) is 3.01. The van der Waals surface area contributed by atoms with Crippen LogP contribution in [0, 0.1) is 0 Å². The van der Waals surface area contributed by atoms with Crippen LogP contribution in [0.2, 0.25) is 0 Å². The maximum atomic E-state index is 12.7. The third kappa shape index (κ3) is 4.55. The minimum absolute atomic E-state index is 0.175. The van der Waals surface area contributed by atoms with Crippen LogP contribution in [-0.2, 0) is 11.2 Å². The molecule has 0 fully saturated rings. The number of rotatable bonds is 7. The van der Waals surface area contributed by atoms with Gasteiger partial charge in [0, 0.05) is 26.0 Å². The fourth-order valence-electron chi connectivity index (χ4n) is 2.60. The molecule has 1 heterocycles. The number of nitrogens with one attached hydrogen (secondary N) is 1. The number of aromatic nitrogens is 1. The highest BCUT2D eigenvalue weighted by Crippen LogP contribution is 2.21. The van der Waals surface area contributed by atoms with Crippen molar-refractivity contribution in [3.05, 3.63) is 59.9 Å². The molecule has 2 amide bonds. The second-order valence-corrected chi connectivity index (χ2v) is 5.67. The Labute approximate surface area is 143 Å². The van der Waals surface area contributed by atoms with Crippen LogP contribution in [0.3, 0.4) is 0 Å². The Kier molecular flexibility index (Phi) is 6.75. The molecule has 0 aliphatic rings. The van der Waals surface area contributed by atoms with Crippen LogP contribution in [-0.4, -0.2) is 36.7 Å². The molecule has 1 aromatic carbocycles. The number of likely N-dealkylation sites (N-methyl/N-ethyl adjacent to an activating group) is 1. The molecule has 1 aromatic heterocycles. The van der Waals surface area contributed by atoms with Gasteiger partial charge in [-0.15, -0.1) is 0 Å². The van der Waals surface area contributed by atoms with Gasteiger partial charge in [0.1, 0.15) is 0 Å². The van der Waals surface area contributed by atoms with E-state index in [1.165, 1.54) is 0 Å². The quantitative estimate of drug-likeness (QED) is 0.839. The number of anilines is 1. The molecule has 5 nitrogen and oxygen atoms in total. The molecule has 0 spiro atoms. The van der Waals surface area contributed by atoms with E-state index in [4.69, 9.17) is 4.74 Å². The first kappa shape index (κ1) is 17.9. The van der Waals surface area contributed by atoms with Gasteiger partial charge in [-0.3, -0.25) is 4.98 Å². The van der Waals surface area contributed by atoms with Crippen molar-refractivity contribution in [1.82, 2.24) is 9.88 Å². The summed E-state index contributed by atoms with van der Waals surface area (Å²) >= 11 is 0. The minimum Gasteiger partial charge on any atom is -0.382 e. The first-order valence-electron chi connectivity index (χ1n) is 8.19. The summed E-state index contributed by atoms with van der Waals surface area (Å²) in [6.45, 7) is 2.51. The number of aryl methyl sites for hydroxylation is 1. The Bertz CT molecular complexity index is 646. The van der Waals surface area contributed by atoms with E-state index in [0.29, 0.717) is 6.61 Å². The van der Waals surface area contributed by atoms with E-state index in [2.05, 4.69) is 17.2 Å². The Morgan fingerprint density at radius 1 is 1.25 bits per heavy atom. The summed E-state index contributed by atoms with van der Waals surface area (Å²) in [6, 6.07) is 13.2. The summed E-state index contributed by atoms with van der Waals surface area (Å²) < 4.78 is 5.28. The van der Waals surface area contributed by atoms with Crippen molar-refractivity contribution in [2.45, 2.75) is 25.8 Å². The van der Waals surface area contributed by atoms with Gasteiger partial charge in [0.15, 0.2) is 0 Å². The third-order valence-electron chi connectivity index (χ3n) is 3.92. The number of urea groups is 1. The number of pyridine rings is 1. The molecular weight excluding hydrogens is 302 g/mol. The number of benzene rings is 1. The number of carbonyl (C=O) groups excluding carboxylic acids is 1. The number of amides is 2. The molecule has 0 saturated heterocycles. The smallest absolute Gasteiger partial charge is 0.322 e. The zero-order valence-corrected chi connectivity index (χ0v) is 14.5. The lowest BCUT2D eigenvalue weighted by molar-refractivity contribution is 0.119. The van der Waals surface area contributed by atoms with Crippen molar-refractivity contribution in [2.75, 3.05) is 26.1 Å². The van der Waals surface area contributed by atoms with E-state index in [1.54, 1.807) is 25.3 Å². The van der Waals surface area contributed by atoms with E-state index >= 15 is 0 Å². The van der Waals surface area contributed by atoms with Gasteiger partial charge in [-0.05, 0) is 30.2 Å². The molecule has 1 atom stereocenters.